The molecule has 1 saturated carbocycles. The SMILES string of the molecule is CCN(Cc1ccc(C)cc1)c1ncnc(NCC2(O)CCN(CC(N)=O)CC2O)c1F.CCN(Cc1ccc(C)cc1F)c1ncnc(NCC2(O)CCN(CC(N)=O)CC2O)c1F.Cc1ccc(CN(c2ncnc(NCC3(O)CCN(CC(N)=O)CC3O)c2F)C2CC2)cc1. The average Bonchev–Trinajstić information content (AvgIpc) is 1.24. The fourth-order valence-corrected chi connectivity index (χ4v) is 11.8. The van der Waals surface area contributed by atoms with Crippen LogP contribution in [0.1, 0.15) is 79.3 Å². The zero-order valence-electron chi connectivity index (χ0n) is 56.0. The molecule has 4 fully saturated rings. The summed E-state index contributed by atoms with van der Waals surface area (Å²) in [5.41, 5.74) is 16.7. The lowest BCUT2D eigenvalue weighted by molar-refractivity contribution is -0.128. The topological polar surface area (TPSA) is 384 Å². The van der Waals surface area contributed by atoms with Gasteiger partial charge in [-0.05, 0) is 89.5 Å². The molecule has 6 atom stereocenters. The van der Waals surface area contributed by atoms with Gasteiger partial charge >= 0.3 is 0 Å². The number of rotatable bonds is 27. The maximum Gasteiger partial charge on any atom is 0.231 e. The number of carbonyl (C=O) groups is 3. The molecule has 532 valence electrons. The van der Waals surface area contributed by atoms with Crippen molar-refractivity contribution in [1.82, 2.24) is 44.6 Å². The maximum atomic E-state index is 15.4. The van der Waals surface area contributed by atoms with Crippen LogP contribution >= 0.6 is 0 Å². The number of anilines is 6. The van der Waals surface area contributed by atoms with E-state index in [0.717, 1.165) is 40.7 Å². The summed E-state index contributed by atoms with van der Waals surface area (Å²) in [4.78, 5) is 68.0. The van der Waals surface area contributed by atoms with Gasteiger partial charge in [0.2, 0.25) is 35.2 Å². The molecular formula is C67H92F4N18O9. The molecule has 6 aromatic rings. The minimum Gasteiger partial charge on any atom is -0.389 e. The predicted molar refractivity (Wildman–Crippen MR) is 361 cm³/mol. The number of halogens is 4. The van der Waals surface area contributed by atoms with Gasteiger partial charge in [0, 0.05) is 103 Å². The number of nitrogens with zero attached hydrogens (tertiary/aromatic N) is 12. The quantitative estimate of drug-likeness (QED) is 0.0329. The van der Waals surface area contributed by atoms with Gasteiger partial charge in [-0.15, -0.1) is 0 Å². The smallest absolute Gasteiger partial charge is 0.231 e. The fourth-order valence-electron chi connectivity index (χ4n) is 11.8. The summed E-state index contributed by atoms with van der Waals surface area (Å²) in [5, 5.41) is 72.3. The minimum absolute atomic E-state index is 0.00112. The van der Waals surface area contributed by atoms with Gasteiger partial charge < -0.3 is 78.5 Å². The number of hydrogen-bond acceptors (Lipinski definition) is 24. The molecule has 15 N–H and O–H groups in total. The maximum absolute atomic E-state index is 15.4. The molecule has 3 aromatic carbocycles. The molecule has 27 nitrogen and oxygen atoms in total. The van der Waals surface area contributed by atoms with Crippen LogP contribution in [0.15, 0.2) is 85.7 Å². The van der Waals surface area contributed by atoms with E-state index in [-0.39, 0.29) is 131 Å². The minimum atomic E-state index is -1.54. The lowest BCUT2D eigenvalue weighted by Gasteiger charge is -2.41. The number of aliphatic hydroxyl groups is 6. The Morgan fingerprint density at radius 3 is 1.20 bits per heavy atom. The highest BCUT2D eigenvalue weighted by Gasteiger charge is 2.44. The first kappa shape index (κ1) is 75.2. The van der Waals surface area contributed by atoms with Gasteiger partial charge in [-0.3, -0.25) is 29.1 Å². The van der Waals surface area contributed by atoms with Crippen molar-refractivity contribution in [3.8, 4) is 0 Å². The number of aryl methyl sites for hydroxylation is 3. The first-order valence-corrected chi connectivity index (χ1v) is 32.7. The number of likely N-dealkylation sites (tertiary alicyclic amines) is 3. The number of piperidine rings is 3. The van der Waals surface area contributed by atoms with E-state index in [2.05, 4.69) is 45.9 Å². The third-order valence-corrected chi connectivity index (χ3v) is 18.0. The van der Waals surface area contributed by atoms with Crippen molar-refractivity contribution in [2.75, 3.05) is 122 Å². The summed E-state index contributed by atoms with van der Waals surface area (Å²) in [7, 11) is 0. The van der Waals surface area contributed by atoms with Crippen LogP contribution in [0.5, 0.6) is 0 Å². The lowest BCUT2D eigenvalue weighted by Crippen LogP contribution is -2.59. The third kappa shape index (κ3) is 20.3. The number of nitrogens with one attached hydrogen (secondary N) is 3. The summed E-state index contributed by atoms with van der Waals surface area (Å²) < 4.78 is 60.2. The van der Waals surface area contributed by atoms with Crippen LogP contribution in [0.25, 0.3) is 0 Å². The van der Waals surface area contributed by atoms with Gasteiger partial charge in [-0.1, -0.05) is 71.8 Å². The number of carbonyl (C=O) groups excluding carboxylic acids is 3. The molecule has 3 amide bonds. The molecule has 0 spiro atoms. The average molecular weight is 1370 g/mol. The normalized spacial score (nSPS) is 21.9. The molecule has 6 unspecified atom stereocenters. The first-order chi connectivity index (χ1) is 46.6. The predicted octanol–water partition coefficient (Wildman–Crippen LogP) is 2.22. The number of amides is 3. The van der Waals surface area contributed by atoms with E-state index < -0.39 is 70.3 Å². The second kappa shape index (κ2) is 33.8. The molecule has 98 heavy (non-hydrogen) atoms. The molecule has 3 saturated heterocycles. The lowest BCUT2D eigenvalue weighted by atomic mass is 9.88. The van der Waals surface area contributed by atoms with Crippen molar-refractivity contribution in [2.45, 2.75) is 128 Å². The van der Waals surface area contributed by atoms with E-state index in [1.165, 1.54) is 25.0 Å². The van der Waals surface area contributed by atoms with Gasteiger partial charge in [0.05, 0.1) is 37.9 Å². The van der Waals surface area contributed by atoms with E-state index >= 15 is 13.2 Å². The largest absolute Gasteiger partial charge is 0.389 e. The highest BCUT2D eigenvalue weighted by Crippen LogP contribution is 2.36. The van der Waals surface area contributed by atoms with Crippen molar-refractivity contribution in [2.24, 2.45) is 17.2 Å². The van der Waals surface area contributed by atoms with E-state index in [0.29, 0.717) is 51.4 Å². The number of hydrogen-bond donors (Lipinski definition) is 12. The molecule has 3 aliphatic heterocycles. The first-order valence-electron chi connectivity index (χ1n) is 32.7. The van der Waals surface area contributed by atoms with Crippen molar-refractivity contribution in [3.63, 3.8) is 0 Å². The van der Waals surface area contributed by atoms with E-state index in [9.17, 15) is 49.4 Å². The highest BCUT2D eigenvalue weighted by molar-refractivity contribution is 5.76. The molecule has 31 heteroatoms. The zero-order valence-corrected chi connectivity index (χ0v) is 56.0. The Labute approximate surface area is 567 Å². The van der Waals surface area contributed by atoms with Crippen LogP contribution < -0.4 is 47.9 Å². The summed E-state index contributed by atoms with van der Waals surface area (Å²) >= 11 is 0. The molecular weight excluding hydrogens is 1280 g/mol. The van der Waals surface area contributed by atoms with Crippen LogP contribution in [0.4, 0.5) is 52.5 Å². The van der Waals surface area contributed by atoms with E-state index in [1.807, 2.05) is 74.2 Å². The third-order valence-electron chi connectivity index (χ3n) is 18.0. The Morgan fingerprint density at radius 1 is 0.510 bits per heavy atom. The molecule has 0 radical (unpaired) electrons. The number of benzene rings is 3. The van der Waals surface area contributed by atoms with Crippen LogP contribution in [-0.4, -0.2) is 226 Å². The summed E-state index contributed by atoms with van der Waals surface area (Å²) in [5.74, 6) is -3.65. The molecule has 3 aromatic heterocycles. The second-order valence-electron chi connectivity index (χ2n) is 25.8. The molecule has 6 heterocycles. The Morgan fingerprint density at radius 2 is 0.857 bits per heavy atom. The Balaban J connectivity index is 0.000000188. The fraction of sp³-hybridized carbons (Fsp3) is 0.507. The zero-order chi connectivity index (χ0) is 71.1. The van der Waals surface area contributed by atoms with Gasteiger partial charge in [-0.25, -0.2) is 34.3 Å². The van der Waals surface area contributed by atoms with Gasteiger partial charge in [0.15, 0.2) is 34.9 Å². The highest BCUT2D eigenvalue weighted by atomic mass is 19.1. The van der Waals surface area contributed by atoms with Crippen molar-refractivity contribution in [1.29, 1.82) is 0 Å². The number of primary amides is 3. The summed E-state index contributed by atoms with van der Waals surface area (Å²) in [6.45, 7) is 12.7. The Bertz CT molecular complexity index is 3650. The molecule has 0 bridgehead atoms. The Kier molecular flexibility index (Phi) is 26.0. The number of nitrogens with two attached hydrogens (primary N) is 3. The number of aromatic nitrogens is 6. The monoisotopic (exact) mass is 1370 g/mol. The Hall–Kier alpha value is -8.53. The molecule has 4 aliphatic rings. The van der Waals surface area contributed by atoms with Crippen LogP contribution in [0.3, 0.4) is 0 Å². The van der Waals surface area contributed by atoms with Crippen LogP contribution in [-0.2, 0) is 34.0 Å². The van der Waals surface area contributed by atoms with Crippen molar-refractivity contribution in [3.05, 3.63) is 142 Å². The van der Waals surface area contributed by atoms with Gasteiger partial charge in [0.1, 0.15) is 41.6 Å². The van der Waals surface area contributed by atoms with Crippen molar-refractivity contribution < 1.29 is 62.6 Å². The van der Waals surface area contributed by atoms with Crippen molar-refractivity contribution >= 4 is 52.6 Å². The van der Waals surface area contributed by atoms with E-state index in [1.54, 1.807) is 50.5 Å². The van der Waals surface area contributed by atoms with Gasteiger partial charge in [-0.2, -0.15) is 13.2 Å². The van der Waals surface area contributed by atoms with Crippen LogP contribution in [0.2, 0.25) is 0 Å². The summed E-state index contributed by atoms with van der Waals surface area (Å²) in [6, 6.07) is 21.2. The van der Waals surface area contributed by atoms with Crippen LogP contribution in [0, 0.1) is 44.0 Å². The molecule has 10 rings (SSSR count). The second-order valence-corrected chi connectivity index (χ2v) is 25.8. The molecule has 1 aliphatic carbocycles. The standard InChI is InChI=1S/C23H31FN6O3.C22H30F2N6O3.C22H31FN6O3/c1-15-2-4-16(5-3-15)10-30(17-6-7-17)22-20(24)21(27-14-28-22)26-13-23(33)8-9-29(11-18(23)31)12-19(25)32;1-3-30(9-15-5-4-14(2)8-16(15)23)21-19(24)20(27-13-28-21)26-12-22(33)6-7-29(10-17(22)31)11-18(25)32;1-3-29(10-16-6-4-15(2)5-7-16)21-19(23)20(26-14-27-21)25-13-22(32)8-9-28(11-17(22)30)12-18(24)31/h2-5,14,17-18,31,33H,6-13H2,1H3,(H2,25,32)(H,26,27,28);4-5,8,13,17,31,33H,3,6-7,9-12H2,1-2H3,(H2,25,32)(H,26,27,28);4-7,14,17,30,32H,3,8-13H2,1-2H3,(H2,24,31)(H,25,26,27). The van der Waals surface area contributed by atoms with E-state index in [4.69, 9.17) is 17.2 Å². The number of β-amino-alcohol motifs (C(OH)–C–C–N with tert-alkyl or cyclic N) is 3. The summed E-state index contributed by atoms with van der Waals surface area (Å²) in [6.07, 6.45) is 2.87. The number of aliphatic hydroxyl groups excluding tert-OH is 3. The van der Waals surface area contributed by atoms with Gasteiger partial charge in [0.25, 0.3) is 0 Å².